The van der Waals surface area contributed by atoms with Crippen LogP contribution in [0.5, 0.6) is 0 Å². The second kappa shape index (κ2) is 7.60. The van der Waals surface area contributed by atoms with Gasteiger partial charge < -0.3 is 15.0 Å². The van der Waals surface area contributed by atoms with Crippen LogP contribution in [0.4, 0.5) is 5.82 Å². The fraction of sp³-hybridized carbons (Fsp3) is 0.688. The summed E-state index contributed by atoms with van der Waals surface area (Å²) in [5.41, 5.74) is 1.31. The molecule has 0 aliphatic carbocycles. The number of methoxy groups -OCH3 is 1. The topological polar surface area (TPSA) is 37.4 Å². The van der Waals surface area contributed by atoms with Crippen LogP contribution in [0.3, 0.4) is 0 Å². The van der Waals surface area contributed by atoms with E-state index in [0.29, 0.717) is 12.0 Å². The summed E-state index contributed by atoms with van der Waals surface area (Å²) < 4.78 is 5.25. The Morgan fingerprint density at radius 1 is 1.40 bits per heavy atom. The molecule has 1 fully saturated rings. The number of hydrogen-bond donors (Lipinski definition) is 1. The first-order valence-corrected chi connectivity index (χ1v) is 7.61. The molecule has 0 saturated carbocycles. The summed E-state index contributed by atoms with van der Waals surface area (Å²) in [6, 6.07) is 4.82. The average molecular weight is 277 g/mol. The Kier molecular flexibility index (Phi) is 5.80. The third-order valence-corrected chi connectivity index (χ3v) is 3.87. The number of anilines is 1. The highest BCUT2D eigenvalue weighted by Gasteiger charge is 2.20. The van der Waals surface area contributed by atoms with Crippen molar-refractivity contribution >= 4 is 5.82 Å². The van der Waals surface area contributed by atoms with Crippen LogP contribution in [0.15, 0.2) is 18.3 Å². The van der Waals surface area contributed by atoms with Gasteiger partial charge in [0, 0.05) is 45.6 Å². The maximum absolute atomic E-state index is 5.25. The van der Waals surface area contributed by atoms with Crippen molar-refractivity contribution in [3.05, 3.63) is 23.9 Å². The fourth-order valence-electron chi connectivity index (χ4n) is 2.63. The van der Waals surface area contributed by atoms with Crippen LogP contribution in [0.2, 0.25) is 0 Å². The van der Waals surface area contributed by atoms with Crippen LogP contribution in [0, 0.1) is 5.92 Å². The Morgan fingerprint density at radius 3 is 2.80 bits per heavy atom. The zero-order valence-electron chi connectivity index (χ0n) is 12.9. The third kappa shape index (κ3) is 4.46. The Hall–Kier alpha value is -1.13. The van der Waals surface area contributed by atoms with Crippen molar-refractivity contribution in [1.29, 1.82) is 0 Å². The molecule has 20 heavy (non-hydrogen) atoms. The van der Waals surface area contributed by atoms with E-state index in [0.717, 1.165) is 32.1 Å². The molecule has 1 aliphatic heterocycles. The van der Waals surface area contributed by atoms with E-state index in [2.05, 4.69) is 41.2 Å². The fourth-order valence-corrected chi connectivity index (χ4v) is 2.63. The minimum absolute atomic E-state index is 0.511. The molecule has 0 amide bonds. The van der Waals surface area contributed by atoms with Crippen molar-refractivity contribution in [3.63, 3.8) is 0 Å². The predicted molar refractivity (Wildman–Crippen MR) is 83.0 cm³/mol. The quantitative estimate of drug-likeness (QED) is 0.866. The monoisotopic (exact) mass is 277 g/mol. The Bertz CT molecular complexity index is 400. The minimum atomic E-state index is 0.511. The van der Waals surface area contributed by atoms with Crippen LogP contribution in [-0.4, -0.2) is 37.8 Å². The van der Waals surface area contributed by atoms with Crippen LogP contribution in [0.1, 0.15) is 32.3 Å². The summed E-state index contributed by atoms with van der Waals surface area (Å²) in [5.74, 6) is 1.82. The Morgan fingerprint density at radius 2 is 2.15 bits per heavy atom. The molecule has 2 rings (SSSR count). The van der Waals surface area contributed by atoms with E-state index in [1.165, 1.54) is 18.4 Å². The molecule has 0 spiro atoms. The average Bonchev–Trinajstić information content (AvgIpc) is 2.47. The zero-order chi connectivity index (χ0) is 14.4. The van der Waals surface area contributed by atoms with Crippen molar-refractivity contribution in [3.8, 4) is 0 Å². The summed E-state index contributed by atoms with van der Waals surface area (Å²) >= 11 is 0. The first kappa shape index (κ1) is 15.3. The number of hydrogen-bond acceptors (Lipinski definition) is 4. The van der Waals surface area contributed by atoms with E-state index in [4.69, 9.17) is 4.74 Å². The van der Waals surface area contributed by atoms with E-state index in [1.807, 2.05) is 6.20 Å². The van der Waals surface area contributed by atoms with Gasteiger partial charge in [0.15, 0.2) is 0 Å². The SMILES string of the molecule is COCC1CCN(c2cc(CNC(C)C)ccn2)CC1. The molecule has 0 unspecified atom stereocenters. The van der Waals surface area contributed by atoms with Crippen LogP contribution in [-0.2, 0) is 11.3 Å². The smallest absolute Gasteiger partial charge is 0.128 e. The number of piperidine rings is 1. The summed E-state index contributed by atoms with van der Waals surface area (Å²) in [6.45, 7) is 8.31. The number of pyridine rings is 1. The van der Waals surface area contributed by atoms with Crippen LogP contribution < -0.4 is 10.2 Å². The first-order valence-electron chi connectivity index (χ1n) is 7.61. The molecule has 1 aromatic heterocycles. The molecule has 4 heteroatoms. The molecule has 0 radical (unpaired) electrons. The standard InChI is InChI=1S/C16H27N3O/c1-13(2)18-11-15-4-7-17-16(10-15)19-8-5-14(6-9-19)12-20-3/h4,7,10,13-14,18H,5-6,8-9,11-12H2,1-3H3. The van der Waals surface area contributed by atoms with E-state index in [1.54, 1.807) is 7.11 Å². The molecule has 0 atom stereocenters. The van der Waals surface area contributed by atoms with Crippen molar-refractivity contribution in [1.82, 2.24) is 10.3 Å². The zero-order valence-corrected chi connectivity index (χ0v) is 12.9. The maximum atomic E-state index is 5.25. The molecule has 1 saturated heterocycles. The van der Waals surface area contributed by atoms with Gasteiger partial charge in [-0.2, -0.15) is 0 Å². The van der Waals surface area contributed by atoms with Crippen LogP contribution >= 0.6 is 0 Å². The highest BCUT2D eigenvalue weighted by molar-refractivity contribution is 5.41. The lowest BCUT2D eigenvalue weighted by Gasteiger charge is -2.32. The second-order valence-corrected chi connectivity index (χ2v) is 5.94. The molecule has 1 aliphatic rings. The lowest BCUT2D eigenvalue weighted by atomic mass is 9.98. The van der Waals surface area contributed by atoms with Gasteiger partial charge in [-0.3, -0.25) is 0 Å². The number of aromatic nitrogens is 1. The number of nitrogens with zero attached hydrogens (tertiary/aromatic N) is 2. The lowest BCUT2D eigenvalue weighted by Crippen LogP contribution is -2.35. The molecule has 0 bridgehead atoms. The van der Waals surface area contributed by atoms with Crippen molar-refractivity contribution in [2.75, 3.05) is 31.7 Å². The number of rotatable bonds is 6. The molecular formula is C16H27N3O. The van der Waals surface area contributed by atoms with Crippen molar-refractivity contribution < 1.29 is 4.74 Å². The highest BCUT2D eigenvalue weighted by Crippen LogP contribution is 2.22. The Balaban J connectivity index is 1.91. The summed E-state index contributed by atoms with van der Waals surface area (Å²) in [7, 11) is 1.79. The molecule has 1 aromatic rings. The van der Waals surface area contributed by atoms with Gasteiger partial charge >= 0.3 is 0 Å². The van der Waals surface area contributed by atoms with Gasteiger partial charge in [-0.15, -0.1) is 0 Å². The maximum Gasteiger partial charge on any atom is 0.128 e. The normalized spacial score (nSPS) is 16.9. The third-order valence-electron chi connectivity index (χ3n) is 3.87. The number of ether oxygens (including phenoxy) is 1. The summed E-state index contributed by atoms with van der Waals surface area (Å²) in [4.78, 5) is 6.92. The van der Waals surface area contributed by atoms with Gasteiger partial charge in [0.25, 0.3) is 0 Å². The van der Waals surface area contributed by atoms with Crippen molar-refractivity contribution in [2.45, 2.75) is 39.3 Å². The van der Waals surface area contributed by atoms with Crippen LogP contribution in [0.25, 0.3) is 0 Å². The molecule has 2 heterocycles. The molecule has 112 valence electrons. The lowest BCUT2D eigenvalue weighted by molar-refractivity contribution is 0.139. The van der Waals surface area contributed by atoms with Crippen molar-refractivity contribution in [2.24, 2.45) is 5.92 Å². The summed E-state index contributed by atoms with van der Waals surface area (Å²) in [5, 5.41) is 3.45. The van der Waals surface area contributed by atoms with E-state index >= 15 is 0 Å². The van der Waals surface area contributed by atoms with E-state index in [-0.39, 0.29) is 0 Å². The van der Waals surface area contributed by atoms with Gasteiger partial charge in [0.05, 0.1) is 0 Å². The van der Waals surface area contributed by atoms with Gasteiger partial charge in [-0.05, 0) is 36.5 Å². The largest absolute Gasteiger partial charge is 0.384 e. The Labute approximate surface area is 122 Å². The van der Waals surface area contributed by atoms with Gasteiger partial charge in [0.1, 0.15) is 5.82 Å². The number of nitrogens with one attached hydrogen (secondary N) is 1. The molecule has 4 nitrogen and oxygen atoms in total. The first-order chi connectivity index (χ1) is 9.69. The molecule has 0 aromatic carbocycles. The predicted octanol–water partition coefficient (Wildman–Crippen LogP) is 2.44. The summed E-state index contributed by atoms with van der Waals surface area (Å²) in [6.07, 6.45) is 4.32. The molecule has 1 N–H and O–H groups in total. The molecular weight excluding hydrogens is 250 g/mol. The minimum Gasteiger partial charge on any atom is -0.384 e. The van der Waals surface area contributed by atoms with Gasteiger partial charge in [-0.1, -0.05) is 13.8 Å². The van der Waals surface area contributed by atoms with E-state index in [9.17, 15) is 0 Å². The van der Waals surface area contributed by atoms with Gasteiger partial charge in [-0.25, -0.2) is 4.98 Å². The van der Waals surface area contributed by atoms with Gasteiger partial charge in [0.2, 0.25) is 0 Å². The van der Waals surface area contributed by atoms with E-state index < -0.39 is 0 Å². The second-order valence-electron chi connectivity index (χ2n) is 5.94. The highest BCUT2D eigenvalue weighted by atomic mass is 16.5.